The van der Waals surface area contributed by atoms with Crippen molar-refractivity contribution < 1.29 is 22.0 Å². The SMILES string of the molecule is FC(C(F)(F)[SiH3])C(F)(F)c1ccccc1. The molecule has 0 aliphatic rings. The molecule has 6 heteroatoms. The quantitative estimate of drug-likeness (QED) is 0.560. The van der Waals surface area contributed by atoms with Crippen LogP contribution in [0.3, 0.4) is 0 Å². The van der Waals surface area contributed by atoms with Crippen molar-refractivity contribution in [3.63, 3.8) is 0 Å². The second-order valence-corrected chi connectivity index (χ2v) is 4.64. The zero-order valence-electron chi connectivity index (χ0n) is 7.85. The molecule has 0 N–H and O–H groups in total. The molecule has 0 spiro atoms. The molecular formula is C9H9F5Si. The topological polar surface area (TPSA) is 0 Å². The minimum Gasteiger partial charge on any atom is -0.234 e. The number of rotatable bonds is 3. The van der Waals surface area contributed by atoms with Crippen molar-refractivity contribution in [3.8, 4) is 0 Å². The predicted molar refractivity (Wildman–Crippen MR) is 50.1 cm³/mol. The van der Waals surface area contributed by atoms with Gasteiger partial charge in [-0.05, 0) is 0 Å². The zero-order chi connectivity index (χ0) is 11.7. The van der Waals surface area contributed by atoms with Crippen LogP contribution in [0.5, 0.6) is 0 Å². The van der Waals surface area contributed by atoms with Crippen molar-refractivity contribution in [3.05, 3.63) is 35.9 Å². The summed E-state index contributed by atoms with van der Waals surface area (Å²) in [4.78, 5) is 0. The lowest BCUT2D eigenvalue weighted by Gasteiger charge is -2.25. The van der Waals surface area contributed by atoms with E-state index in [4.69, 9.17) is 0 Å². The molecule has 1 aromatic rings. The van der Waals surface area contributed by atoms with Crippen LogP contribution in [-0.2, 0) is 5.92 Å². The smallest absolute Gasteiger partial charge is 0.234 e. The lowest BCUT2D eigenvalue weighted by molar-refractivity contribution is -0.150. The van der Waals surface area contributed by atoms with Crippen LogP contribution >= 0.6 is 0 Å². The van der Waals surface area contributed by atoms with Gasteiger partial charge in [0.1, 0.15) is 0 Å². The Labute approximate surface area is 86.5 Å². The molecule has 1 aromatic carbocycles. The summed E-state index contributed by atoms with van der Waals surface area (Å²) in [7, 11) is -0.945. The summed E-state index contributed by atoms with van der Waals surface area (Å²) in [6, 6.07) is 5.81. The van der Waals surface area contributed by atoms with E-state index in [9.17, 15) is 22.0 Å². The summed E-state index contributed by atoms with van der Waals surface area (Å²) in [6.45, 7) is 0. The second kappa shape index (κ2) is 3.92. The van der Waals surface area contributed by atoms with Gasteiger partial charge < -0.3 is 0 Å². The molecule has 1 rings (SSSR count). The molecule has 0 radical (unpaired) electrons. The summed E-state index contributed by atoms with van der Waals surface area (Å²) in [5.74, 6) is -4.15. The molecule has 0 aliphatic carbocycles. The molecule has 0 aromatic heterocycles. The van der Waals surface area contributed by atoms with Gasteiger partial charge in [0, 0.05) is 5.56 Å². The monoisotopic (exact) mass is 240 g/mol. The number of benzene rings is 1. The molecule has 1 unspecified atom stereocenters. The molecule has 0 amide bonds. The van der Waals surface area contributed by atoms with Crippen LogP contribution in [-0.4, -0.2) is 22.0 Å². The van der Waals surface area contributed by atoms with E-state index in [-0.39, 0.29) is 0 Å². The predicted octanol–water partition coefficient (Wildman–Crippen LogP) is 2.07. The molecule has 0 bridgehead atoms. The fourth-order valence-electron chi connectivity index (χ4n) is 1.13. The van der Waals surface area contributed by atoms with Gasteiger partial charge in [-0.1, -0.05) is 30.3 Å². The third-order valence-electron chi connectivity index (χ3n) is 1.92. The van der Waals surface area contributed by atoms with Gasteiger partial charge in [-0.25, -0.2) is 13.2 Å². The van der Waals surface area contributed by atoms with Crippen LogP contribution in [0.2, 0.25) is 0 Å². The standard InChI is InChI=1S/C9H9F5Si/c10-7(9(13,14)15)8(11,12)6-4-2-1-3-5-6/h1-5,7H,15H3. The number of halogens is 5. The lowest BCUT2D eigenvalue weighted by Crippen LogP contribution is -2.42. The maximum Gasteiger partial charge on any atom is 0.309 e. The molecule has 15 heavy (non-hydrogen) atoms. The van der Waals surface area contributed by atoms with Crippen molar-refractivity contribution >= 4 is 10.2 Å². The van der Waals surface area contributed by atoms with E-state index in [2.05, 4.69) is 0 Å². The summed E-state index contributed by atoms with van der Waals surface area (Å²) >= 11 is 0. The summed E-state index contributed by atoms with van der Waals surface area (Å²) < 4.78 is 64.3. The molecule has 0 saturated carbocycles. The Morgan fingerprint density at radius 3 is 1.87 bits per heavy atom. The third kappa shape index (κ3) is 2.56. The van der Waals surface area contributed by atoms with Gasteiger partial charge in [-0.2, -0.15) is 8.78 Å². The summed E-state index contributed by atoms with van der Waals surface area (Å²) in [6.07, 6.45) is -3.46. The molecule has 1 atom stereocenters. The molecule has 0 fully saturated rings. The van der Waals surface area contributed by atoms with Crippen LogP contribution in [0.4, 0.5) is 22.0 Å². The molecular weight excluding hydrogens is 231 g/mol. The Kier molecular flexibility index (Phi) is 3.18. The normalized spacial score (nSPS) is 15.3. The van der Waals surface area contributed by atoms with Crippen molar-refractivity contribution in [1.82, 2.24) is 0 Å². The third-order valence-corrected chi connectivity index (χ3v) is 2.43. The highest BCUT2D eigenvalue weighted by Crippen LogP contribution is 2.39. The lowest BCUT2D eigenvalue weighted by atomic mass is 10.0. The van der Waals surface area contributed by atoms with Crippen LogP contribution in [0.25, 0.3) is 0 Å². The van der Waals surface area contributed by atoms with Crippen molar-refractivity contribution in [2.45, 2.75) is 17.6 Å². The highest BCUT2D eigenvalue weighted by Gasteiger charge is 2.53. The first-order valence-electron chi connectivity index (χ1n) is 4.21. The number of hydrogen-bond acceptors (Lipinski definition) is 0. The van der Waals surface area contributed by atoms with E-state index in [1.165, 1.54) is 18.2 Å². The minimum atomic E-state index is -4.15. The summed E-state index contributed by atoms with van der Waals surface area (Å²) in [5.41, 5.74) is -4.66. The van der Waals surface area contributed by atoms with Crippen molar-refractivity contribution in [2.24, 2.45) is 0 Å². The van der Waals surface area contributed by atoms with Crippen molar-refractivity contribution in [1.29, 1.82) is 0 Å². The first-order valence-corrected chi connectivity index (χ1v) is 5.21. The Hall–Kier alpha value is -0.913. The Bertz CT molecular complexity index is 319. The van der Waals surface area contributed by atoms with Gasteiger partial charge in [0.15, 0.2) is 0 Å². The average molecular weight is 240 g/mol. The Morgan fingerprint density at radius 2 is 1.47 bits per heavy atom. The van der Waals surface area contributed by atoms with Gasteiger partial charge in [-0.15, -0.1) is 0 Å². The van der Waals surface area contributed by atoms with Gasteiger partial charge in [0.2, 0.25) is 6.17 Å². The fourth-order valence-corrected chi connectivity index (χ4v) is 1.49. The van der Waals surface area contributed by atoms with Gasteiger partial charge >= 0.3 is 5.92 Å². The molecule has 0 nitrogen and oxygen atoms in total. The fraction of sp³-hybridized carbons (Fsp3) is 0.333. The number of hydrogen-bond donors (Lipinski definition) is 0. The van der Waals surface area contributed by atoms with E-state index in [0.29, 0.717) is 0 Å². The van der Waals surface area contributed by atoms with Gasteiger partial charge in [0.25, 0.3) is 5.55 Å². The van der Waals surface area contributed by atoms with E-state index >= 15 is 0 Å². The van der Waals surface area contributed by atoms with Gasteiger partial charge in [-0.3, -0.25) is 0 Å². The highest BCUT2D eigenvalue weighted by molar-refractivity contribution is 6.13. The van der Waals surface area contributed by atoms with E-state index < -0.39 is 33.4 Å². The van der Waals surface area contributed by atoms with E-state index in [0.717, 1.165) is 12.1 Å². The van der Waals surface area contributed by atoms with E-state index in [1.54, 1.807) is 0 Å². The maximum atomic E-state index is 13.2. The zero-order valence-corrected chi connectivity index (χ0v) is 9.85. The summed E-state index contributed by atoms with van der Waals surface area (Å²) in [5, 5.41) is 0. The Balaban J connectivity index is 3.03. The number of alkyl halides is 5. The second-order valence-electron chi connectivity index (χ2n) is 3.31. The first kappa shape index (κ1) is 12.2. The van der Waals surface area contributed by atoms with Crippen LogP contribution in [0, 0.1) is 0 Å². The first-order chi connectivity index (χ1) is 6.76. The molecule has 0 saturated heterocycles. The Morgan fingerprint density at radius 1 is 1.00 bits per heavy atom. The molecule has 0 heterocycles. The molecule has 84 valence electrons. The van der Waals surface area contributed by atoms with Crippen LogP contribution < -0.4 is 0 Å². The average Bonchev–Trinajstić information content (AvgIpc) is 2.16. The van der Waals surface area contributed by atoms with Crippen LogP contribution in [0.15, 0.2) is 30.3 Å². The largest absolute Gasteiger partial charge is 0.309 e. The maximum absolute atomic E-state index is 13.2. The van der Waals surface area contributed by atoms with Crippen molar-refractivity contribution in [2.75, 3.05) is 0 Å². The highest BCUT2D eigenvalue weighted by atomic mass is 28.1. The van der Waals surface area contributed by atoms with Crippen LogP contribution in [0.1, 0.15) is 5.56 Å². The van der Waals surface area contributed by atoms with E-state index in [1.807, 2.05) is 0 Å². The molecule has 0 aliphatic heterocycles. The van der Waals surface area contributed by atoms with Gasteiger partial charge in [0.05, 0.1) is 10.2 Å². The minimum absolute atomic E-state index is 0.729.